The first-order valence-corrected chi connectivity index (χ1v) is 4.35. The zero-order chi connectivity index (χ0) is 8.10. The predicted molar refractivity (Wildman–Crippen MR) is 59.6 cm³/mol. The molecule has 0 fully saturated rings. The van der Waals surface area contributed by atoms with Gasteiger partial charge in [-0.2, -0.15) is 0 Å². The van der Waals surface area contributed by atoms with Crippen LogP contribution in [0.25, 0.3) is 5.57 Å². The highest BCUT2D eigenvalue weighted by Crippen LogP contribution is 2.13. The largest absolute Gasteiger partial charge is 0.326 e. The Labute approximate surface area is 87.2 Å². The van der Waals surface area contributed by atoms with Crippen molar-refractivity contribution in [1.82, 2.24) is 0 Å². The van der Waals surface area contributed by atoms with Crippen LogP contribution in [0.3, 0.4) is 0 Å². The molecule has 0 saturated heterocycles. The summed E-state index contributed by atoms with van der Waals surface area (Å²) < 4.78 is 0. The van der Waals surface area contributed by atoms with Crippen molar-refractivity contribution in [2.45, 2.75) is 0 Å². The first-order valence-electron chi connectivity index (χ1n) is 3.43. The Hall–Kier alpha value is -0.310. The standard InChI is InChI=1S/C9H10BrN.ClH/c10-6-9(7-11)8-4-2-1-3-5-8;/h1-6H,7,11H2;1H/b9-6-;. The van der Waals surface area contributed by atoms with Gasteiger partial charge in [-0.1, -0.05) is 46.3 Å². The van der Waals surface area contributed by atoms with Gasteiger partial charge in [-0.3, -0.25) is 0 Å². The second-order valence-corrected chi connectivity index (χ2v) is 2.66. The summed E-state index contributed by atoms with van der Waals surface area (Å²) in [6.07, 6.45) is 0. The fraction of sp³-hybridized carbons (Fsp3) is 0.111. The van der Waals surface area contributed by atoms with Crippen LogP contribution < -0.4 is 5.73 Å². The number of benzene rings is 1. The first kappa shape index (κ1) is 11.7. The van der Waals surface area contributed by atoms with Gasteiger partial charge in [0.1, 0.15) is 0 Å². The maximum atomic E-state index is 5.52. The van der Waals surface area contributed by atoms with Crippen LogP contribution in [0.1, 0.15) is 5.56 Å². The predicted octanol–water partition coefficient (Wildman–Crippen LogP) is 2.80. The lowest BCUT2D eigenvalue weighted by Crippen LogP contribution is -2.01. The van der Waals surface area contributed by atoms with Gasteiger partial charge in [0.05, 0.1) is 0 Å². The van der Waals surface area contributed by atoms with E-state index in [0.717, 1.165) is 5.57 Å². The summed E-state index contributed by atoms with van der Waals surface area (Å²) in [4.78, 5) is 1.86. The van der Waals surface area contributed by atoms with E-state index in [0.29, 0.717) is 6.54 Å². The van der Waals surface area contributed by atoms with Crippen LogP contribution >= 0.6 is 28.3 Å². The van der Waals surface area contributed by atoms with Gasteiger partial charge in [-0.05, 0) is 16.1 Å². The van der Waals surface area contributed by atoms with Gasteiger partial charge in [0.15, 0.2) is 0 Å². The Morgan fingerprint density at radius 2 is 1.92 bits per heavy atom. The molecule has 66 valence electrons. The van der Waals surface area contributed by atoms with Crippen molar-refractivity contribution in [3.63, 3.8) is 0 Å². The summed E-state index contributed by atoms with van der Waals surface area (Å²) >= 11 is 3.27. The number of nitrogens with two attached hydrogens (primary N) is 1. The van der Waals surface area contributed by atoms with Crippen LogP contribution in [0.4, 0.5) is 0 Å². The maximum Gasteiger partial charge on any atom is 0.0189 e. The van der Waals surface area contributed by atoms with Crippen molar-refractivity contribution in [2.75, 3.05) is 6.54 Å². The van der Waals surface area contributed by atoms with E-state index < -0.39 is 0 Å². The molecule has 0 heterocycles. The zero-order valence-corrected chi connectivity index (χ0v) is 8.94. The van der Waals surface area contributed by atoms with E-state index in [1.807, 2.05) is 35.3 Å². The van der Waals surface area contributed by atoms with Crippen molar-refractivity contribution in [2.24, 2.45) is 5.73 Å². The quantitative estimate of drug-likeness (QED) is 0.856. The van der Waals surface area contributed by atoms with Crippen LogP contribution in [0, 0.1) is 0 Å². The first-order chi connectivity index (χ1) is 5.38. The second kappa shape index (κ2) is 6.23. The molecule has 1 rings (SSSR count). The van der Waals surface area contributed by atoms with Crippen LogP contribution in [0.2, 0.25) is 0 Å². The van der Waals surface area contributed by atoms with Gasteiger partial charge in [0, 0.05) is 6.54 Å². The second-order valence-electron chi connectivity index (χ2n) is 2.20. The summed E-state index contributed by atoms with van der Waals surface area (Å²) in [5.74, 6) is 0. The topological polar surface area (TPSA) is 26.0 Å². The Balaban J connectivity index is 0.00000121. The number of hydrogen-bond donors (Lipinski definition) is 1. The van der Waals surface area contributed by atoms with Gasteiger partial charge >= 0.3 is 0 Å². The third kappa shape index (κ3) is 2.97. The van der Waals surface area contributed by atoms with Crippen LogP contribution in [0.15, 0.2) is 35.3 Å². The molecule has 0 unspecified atom stereocenters. The molecule has 1 nitrogen and oxygen atoms in total. The average molecular weight is 249 g/mol. The maximum absolute atomic E-state index is 5.52. The summed E-state index contributed by atoms with van der Waals surface area (Å²) in [6.45, 7) is 0.565. The van der Waals surface area contributed by atoms with E-state index in [-0.39, 0.29) is 12.4 Å². The lowest BCUT2D eigenvalue weighted by Gasteiger charge is -2.01. The van der Waals surface area contributed by atoms with Crippen molar-refractivity contribution in [1.29, 1.82) is 0 Å². The third-order valence-electron chi connectivity index (χ3n) is 1.50. The van der Waals surface area contributed by atoms with Gasteiger partial charge in [0.2, 0.25) is 0 Å². The van der Waals surface area contributed by atoms with Crippen molar-refractivity contribution >= 4 is 33.9 Å². The van der Waals surface area contributed by atoms with Crippen LogP contribution in [-0.2, 0) is 0 Å². The van der Waals surface area contributed by atoms with E-state index >= 15 is 0 Å². The Morgan fingerprint density at radius 1 is 1.33 bits per heavy atom. The zero-order valence-electron chi connectivity index (χ0n) is 6.53. The molecular weight excluding hydrogens is 237 g/mol. The van der Waals surface area contributed by atoms with E-state index in [9.17, 15) is 0 Å². The van der Waals surface area contributed by atoms with E-state index in [4.69, 9.17) is 5.73 Å². The normalized spacial score (nSPS) is 10.7. The molecule has 0 saturated carbocycles. The monoisotopic (exact) mass is 247 g/mol. The fourth-order valence-corrected chi connectivity index (χ4v) is 1.33. The molecule has 0 aromatic heterocycles. The molecule has 0 atom stereocenters. The number of hydrogen-bond acceptors (Lipinski definition) is 1. The average Bonchev–Trinajstić information content (AvgIpc) is 2.09. The van der Waals surface area contributed by atoms with E-state index in [1.165, 1.54) is 5.56 Å². The third-order valence-corrected chi connectivity index (χ3v) is 2.05. The summed E-state index contributed by atoms with van der Waals surface area (Å²) in [5.41, 5.74) is 7.81. The molecule has 1 aromatic rings. The lowest BCUT2D eigenvalue weighted by molar-refractivity contribution is 1.27. The SMILES string of the molecule is Cl.NC/C(=C/Br)c1ccccc1. The summed E-state index contributed by atoms with van der Waals surface area (Å²) in [6, 6.07) is 10.1. The summed E-state index contributed by atoms with van der Waals surface area (Å²) in [5, 5.41) is 0. The van der Waals surface area contributed by atoms with Gasteiger partial charge in [0.25, 0.3) is 0 Å². The van der Waals surface area contributed by atoms with E-state index in [1.54, 1.807) is 0 Å². The minimum atomic E-state index is 0. The van der Waals surface area contributed by atoms with Crippen LogP contribution in [-0.4, -0.2) is 6.54 Å². The van der Waals surface area contributed by atoms with Gasteiger partial charge < -0.3 is 5.73 Å². The molecule has 0 aliphatic carbocycles. The molecule has 0 bridgehead atoms. The smallest absolute Gasteiger partial charge is 0.0189 e. The highest BCUT2D eigenvalue weighted by molar-refractivity contribution is 9.11. The highest BCUT2D eigenvalue weighted by atomic mass is 79.9. The van der Waals surface area contributed by atoms with Crippen LogP contribution in [0.5, 0.6) is 0 Å². The molecule has 1 aromatic carbocycles. The van der Waals surface area contributed by atoms with Crippen molar-refractivity contribution in [3.8, 4) is 0 Å². The number of halogens is 2. The molecule has 0 aliphatic rings. The molecule has 0 radical (unpaired) electrons. The fourth-order valence-electron chi connectivity index (χ4n) is 0.878. The molecule has 2 N–H and O–H groups in total. The number of rotatable bonds is 2. The van der Waals surface area contributed by atoms with Gasteiger partial charge in [-0.15, -0.1) is 12.4 Å². The Morgan fingerprint density at radius 3 is 2.33 bits per heavy atom. The summed E-state index contributed by atoms with van der Waals surface area (Å²) in [7, 11) is 0. The molecule has 0 amide bonds. The molecular formula is C9H11BrClN. The molecule has 12 heavy (non-hydrogen) atoms. The molecule has 3 heteroatoms. The Kier molecular flexibility index (Phi) is 6.07. The Bertz CT molecular complexity index is 246. The minimum Gasteiger partial charge on any atom is -0.326 e. The van der Waals surface area contributed by atoms with Crippen molar-refractivity contribution < 1.29 is 0 Å². The molecule has 0 aliphatic heterocycles. The van der Waals surface area contributed by atoms with Crippen molar-refractivity contribution in [3.05, 3.63) is 40.9 Å². The van der Waals surface area contributed by atoms with Gasteiger partial charge in [-0.25, -0.2) is 0 Å². The van der Waals surface area contributed by atoms with E-state index in [2.05, 4.69) is 15.9 Å². The highest BCUT2D eigenvalue weighted by Gasteiger charge is 1.94. The minimum absolute atomic E-state index is 0. The lowest BCUT2D eigenvalue weighted by atomic mass is 10.1. The molecule has 0 spiro atoms.